The number of nitrogens with zero attached hydrogens (tertiary/aromatic N) is 1. The zero-order valence-electron chi connectivity index (χ0n) is 13.0. The maximum atomic E-state index is 12.1. The number of halogens is 1. The van der Waals surface area contributed by atoms with Gasteiger partial charge in [0.2, 0.25) is 5.91 Å². The molecule has 1 amide bonds. The summed E-state index contributed by atoms with van der Waals surface area (Å²) in [7, 11) is 0. The van der Waals surface area contributed by atoms with Gasteiger partial charge in [0.05, 0.1) is 0 Å². The molecule has 1 saturated heterocycles. The number of benzene rings is 1. The van der Waals surface area contributed by atoms with Crippen LogP contribution in [0.5, 0.6) is 0 Å². The van der Waals surface area contributed by atoms with Crippen LogP contribution in [0.25, 0.3) is 0 Å². The lowest BCUT2D eigenvalue weighted by molar-refractivity contribution is -0.116. The number of aryl methyl sites for hydroxylation is 1. The number of nitrogens with one attached hydrogen (secondary N) is 1. The fourth-order valence-electron chi connectivity index (χ4n) is 3.04. The molecule has 2 rings (SSSR count). The first-order valence-electron chi connectivity index (χ1n) is 7.90. The van der Waals surface area contributed by atoms with E-state index in [2.05, 4.69) is 17.1 Å². The van der Waals surface area contributed by atoms with Gasteiger partial charge in [-0.1, -0.05) is 24.9 Å². The molecule has 1 aliphatic heterocycles. The fraction of sp³-hybridized carbons (Fsp3) is 0.588. The van der Waals surface area contributed by atoms with Crippen molar-refractivity contribution in [3.63, 3.8) is 0 Å². The van der Waals surface area contributed by atoms with Crippen LogP contribution in [0, 0.1) is 6.92 Å². The molecule has 0 aromatic heterocycles. The summed E-state index contributed by atoms with van der Waals surface area (Å²) in [5.41, 5.74) is 1.86. The fourth-order valence-corrected chi connectivity index (χ4v) is 3.27. The van der Waals surface area contributed by atoms with Gasteiger partial charge in [-0.05, 0) is 56.5 Å². The zero-order chi connectivity index (χ0) is 15.2. The minimum absolute atomic E-state index is 0.0841. The van der Waals surface area contributed by atoms with Gasteiger partial charge in [-0.25, -0.2) is 0 Å². The smallest absolute Gasteiger partial charge is 0.225 e. The number of rotatable bonds is 5. The monoisotopic (exact) mass is 308 g/mol. The van der Waals surface area contributed by atoms with Crippen LogP contribution < -0.4 is 5.32 Å². The molecule has 116 valence electrons. The molecular formula is C17H25ClN2O. The molecule has 21 heavy (non-hydrogen) atoms. The predicted molar refractivity (Wildman–Crippen MR) is 88.9 cm³/mol. The van der Waals surface area contributed by atoms with Gasteiger partial charge < -0.3 is 5.32 Å². The van der Waals surface area contributed by atoms with Crippen LogP contribution in [0.15, 0.2) is 18.2 Å². The van der Waals surface area contributed by atoms with Crippen molar-refractivity contribution in [2.75, 3.05) is 18.4 Å². The number of piperidine rings is 1. The Morgan fingerprint density at radius 3 is 2.95 bits per heavy atom. The van der Waals surface area contributed by atoms with Crippen molar-refractivity contribution < 1.29 is 4.79 Å². The largest absolute Gasteiger partial charge is 0.326 e. The van der Waals surface area contributed by atoms with Crippen LogP contribution in [-0.4, -0.2) is 29.9 Å². The van der Waals surface area contributed by atoms with E-state index in [1.54, 1.807) is 0 Å². The van der Waals surface area contributed by atoms with E-state index in [0.717, 1.165) is 24.3 Å². The van der Waals surface area contributed by atoms with Gasteiger partial charge >= 0.3 is 0 Å². The quantitative estimate of drug-likeness (QED) is 0.882. The molecule has 1 aromatic rings. The Balaban J connectivity index is 1.84. The Morgan fingerprint density at radius 1 is 1.43 bits per heavy atom. The molecule has 0 bridgehead atoms. The van der Waals surface area contributed by atoms with E-state index in [-0.39, 0.29) is 5.91 Å². The topological polar surface area (TPSA) is 32.3 Å². The first-order chi connectivity index (χ1) is 10.1. The lowest BCUT2D eigenvalue weighted by Gasteiger charge is -2.35. The molecule has 1 fully saturated rings. The highest BCUT2D eigenvalue weighted by Crippen LogP contribution is 2.21. The van der Waals surface area contributed by atoms with Crippen molar-refractivity contribution >= 4 is 23.2 Å². The molecule has 0 radical (unpaired) electrons. The Bertz CT molecular complexity index is 490. The first kappa shape index (κ1) is 16.3. The van der Waals surface area contributed by atoms with E-state index < -0.39 is 0 Å². The summed E-state index contributed by atoms with van der Waals surface area (Å²) in [6.45, 7) is 6.18. The number of carbonyl (C=O) groups is 1. The van der Waals surface area contributed by atoms with Gasteiger partial charge in [0.25, 0.3) is 0 Å². The molecule has 1 unspecified atom stereocenters. The van der Waals surface area contributed by atoms with Crippen LogP contribution in [0.3, 0.4) is 0 Å². The van der Waals surface area contributed by atoms with Crippen molar-refractivity contribution in [2.24, 2.45) is 0 Å². The van der Waals surface area contributed by atoms with E-state index in [1.165, 1.54) is 25.7 Å². The average molecular weight is 309 g/mol. The van der Waals surface area contributed by atoms with Crippen LogP contribution >= 0.6 is 11.6 Å². The minimum atomic E-state index is 0.0841. The van der Waals surface area contributed by atoms with Crippen LogP contribution in [-0.2, 0) is 4.79 Å². The molecule has 1 atom stereocenters. The van der Waals surface area contributed by atoms with Crippen LogP contribution in [0.4, 0.5) is 5.69 Å². The molecule has 1 heterocycles. The number of hydrogen-bond acceptors (Lipinski definition) is 2. The highest BCUT2D eigenvalue weighted by Gasteiger charge is 2.21. The van der Waals surface area contributed by atoms with Crippen LogP contribution in [0.2, 0.25) is 5.02 Å². The molecule has 1 aromatic carbocycles. The lowest BCUT2D eigenvalue weighted by Crippen LogP contribution is -2.40. The molecule has 1 N–H and O–H groups in total. The van der Waals surface area contributed by atoms with Crippen molar-refractivity contribution in [1.29, 1.82) is 0 Å². The minimum Gasteiger partial charge on any atom is -0.326 e. The summed E-state index contributed by atoms with van der Waals surface area (Å²) in [6, 6.07) is 6.20. The molecular weight excluding hydrogens is 284 g/mol. The van der Waals surface area contributed by atoms with Gasteiger partial charge in [-0.2, -0.15) is 0 Å². The lowest BCUT2D eigenvalue weighted by atomic mass is 10.00. The SMILES string of the molecule is CCC1CCCCN1CCC(=O)Nc1ccc(Cl)cc1C. The molecule has 3 nitrogen and oxygen atoms in total. The standard InChI is InChI=1S/C17H25ClN2O/c1-3-15-6-4-5-10-20(15)11-9-17(21)19-16-8-7-14(18)12-13(16)2/h7-8,12,15H,3-6,9-11H2,1-2H3,(H,19,21). The third-order valence-electron chi connectivity index (χ3n) is 4.31. The van der Waals surface area contributed by atoms with Crippen molar-refractivity contribution in [3.05, 3.63) is 28.8 Å². The summed E-state index contributed by atoms with van der Waals surface area (Å²) in [6.07, 6.45) is 5.59. The van der Waals surface area contributed by atoms with Gasteiger partial charge in [0, 0.05) is 29.7 Å². The Morgan fingerprint density at radius 2 is 2.24 bits per heavy atom. The van der Waals surface area contributed by atoms with Gasteiger partial charge in [0.1, 0.15) is 0 Å². The normalized spacial score (nSPS) is 19.5. The van der Waals surface area contributed by atoms with Crippen LogP contribution in [0.1, 0.15) is 44.6 Å². The summed E-state index contributed by atoms with van der Waals surface area (Å²) >= 11 is 5.93. The van der Waals surface area contributed by atoms with E-state index in [0.29, 0.717) is 17.5 Å². The highest BCUT2D eigenvalue weighted by atomic mass is 35.5. The molecule has 0 aliphatic carbocycles. The second-order valence-corrected chi connectivity index (χ2v) is 6.29. The van der Waals surface area contributed by atoms with E-state index >= 15 is 0 Å². The third-order valence-corrected chi connectivity index (χ3v) is 4.54. The average Bonchev–Trinajstić information content (AvgIpc) is 2.48. The maximum absolute atomic E-state index is 12.1. The number of carbonyl (C=O) groups excluding carboxylic acids is 1. The molecule has 1 aliphatic rings. The van der Waals surface area contributed by atoms with Gasteiger partial charge in [-0.15, -0.1) is 0 Å². The van der Waals surface area contributed by atoms with E-state index in [4.69, 9.17) is 11.6 Å². The Kier molecular flexibility index (Phi) is 6.07. The maximum Gasteiger partial charge on any atom is 0.225 e. The van der Waals surface area contributed by atoms with Crippen molar-refractivity contribution in [3.8, 4) is 0 Å². The number of anilines is 1. The predicted octanol–water partition coefficient (Wildman–Crippen LogP) is 4.24. The van der Waals surface area contributed by atoms with Crippen molar-refractivity contribution in [1.82, 2.24) is 4.90 Å². The van der Waals surface area contributed by atoms with E-state index in [1.807, 2.05) is 25.1 Å². The number of hydrogen-bond donors (Lipinski definition) is 1. The Hall–Kier alpha value is -1.06. The van der Waals surface area contributed by atoms with Gasteiger partial charge in [-0.3, -0.25) is 9.69 Å². The zero-order valence-corrected chi connectivity index (χ0v) is 13.7. The second-order valence-electron chi connectivity index (χ2n) is 5.85. The van der Waals surface area contributed by atoms with Crippen molar-refractivity contribution in [2.45, 2.75) is 52.0 Å². The van der Waals surface area contributed by atoms with E-state index in [9.17, 15) is 4.79 Å². The summed E-state index contributed by atoms with van der Waals surface area (Å²) in [5.74, 6) is 0.0841. The number of likely N-dealkylation sites (tertiary alicyclic amines) is 1. The summed E-state index contributed by atoms with van der Waals surface area (Å²) < 4.78 is 0. The first-order valence-corrected chi connectivity index (χ1v) is 8.28. The Labute approximate surface area is 132 Å². The highest BCUT2D eigenvalue weighted by molar-refractivity contribution is 6.30. The summed E-state index contributed by atoms with van der Waals surface area (Å²) in [5, 5.41) is 3.68. The number of amides is 1. The molecule has 0 saturated carbocycles. The van der Waals surface area contributed by atoms with Gasteiger partial charge in [0.15, 0.2) is 0 Å². The summed E-state index contributed by atoms with van der Waals surface area (Å²) in [4.78, 5) is 14.6. The molecule has 4 heteroatoms. The molecule has 0 spiro atoms. The second kappa shape index (κ2) is 7.81. The third kappa shape index (κ3) is 4.72.